The van der Waals surface area contributed by atoms with Crippen LogP contribution in [0.15, 0.2) is 11.4 Å². The minimum absolute atomic E-state index is 0.109. The Balaban J connectivity index is 3.45. The van der Waals surface area contributed by atoms with Crippen LogP contribution in [0.1, 0.15) is 0 Å². The van der Waals surface area contributed by atoms with E-state index < -0.39 is 9.05 Å². The fourth-order valence-electron chi connectivity index (χ4n) is 0.663. The largest absolute Gasteiger partial charge is 0.322 e. The molecule has 1 heterocycles. The maximum absolute atomic E-state index is 10.8. The van der Waals surface area contributed by atoms with Gasteiger partial charge in [0.05, 0.1) is 6.33 Å². The van der Waals surface area contributed by atoms with Gasteiger partial charge in [-0.1, -0.05) is 11.6 Å². The molecule has 0 aromatic carbocycles. The van der Waals surface area contributed by atoms with Crippen molar-refractivity contribution >= 4 is 31.3 Å². The first kappa shape index (κ1) is 8.83. The van der Waals surface area contributed by atoms with Gasteiger partial charge < -0.3 is 4.57 Å². The van der Waals surface area contributed by atoms with E-state index in [-0.39, 0.29) is 10.2 Å². The summed E-state index contributed by atoms with van der Waals surface area (Å²) in [5, 5.41) is -0.289. The second-order valence-corrected chi connectivity index (χ2v) is 4.73. The van der Waals surface area contributed by atoms with Gasteiger partial charge >= 0.3 is 0 Å². The molecule has 4 nitrogen and oxygen atoms in total. The van der Waals surface area contributed by atoms with Gasteiger partial charge in [0.25, 0.3) is 9.05 Å². The van der Waals surface area contributed by atoms with Gasteiger partial charge in [0.2, 0.25) is 0 Å². The molecule has 0 aliphatic carbocycles. The third-order valence-electron chi connectivity index (χ3n) is 1.07. The quantitative estimate of drug-likeness (QED) is 0.656. The molecule has 0 aliphatic rings. The molecule has 0 bridgehead atoms. The Morgan fingerprint density at radius 2 is 2.18 bits per heavy atom. The third kappa shape index (κ3) is 1.66. The summed E-state index contributed by atoms with van der Waals surface area (Å²) in [4.78, 5) is 3.55. The average Bonchev–Trinajstić information content (AvgIpc) is 2.08. The van der Waals surface area contributed by atoms with Crippen LogP contribution < -0.4 is 0 Å². The van der Waals surface area contributed by atoms with Crippen molar-refractivity contribution in [2.75, 3.05) is 0 Å². The molecule has 0 fully saturated rings. The summed E-state index contributed by atoms with van der Waals surface area (Å²) < 4.78 is 22.8. The fourth-order valence-corrected chi connectivity index (χ4v) is 2.45. The highest BCUT2D eigenvalue weighted by molar-refractivity contribution is 8.13. The van der Waals surface area contributed by atoms with E-state index in [1.165, 1.54) is 17.9 Å². The fraction of sp³-hybridized carbons (Fsp3) is 0.250. The van der Waals surface area contributed by atoms with Crippen molar-refractivity contribution < 1.29 is 8.42 Å². The highest BCUT2D eigenvalue weighted by Gasteiger charge is 2.19. The number of aryl methyl sites for hydroxylation is 1. The Bertz CT molecular complexity index is 350. The molecule has 1 aromatic rings. The SMILES string of the molecule is Cn1cnc(Cl)c1S(=O)(=O)Cl. The molecule has 7 heteroatoms. The third-order valence-corrected chi connectivity index (χ3v) is 2.84. The number of halogens is 2. The molecule has 0 atom stereocenters. The number of hydrogen-bond donors (Lipinski definition) is 0. The van der Waals surface area contributed by atoms with Gasteiger partial charge in [0.15, 0.2) is 10.2 Å². The summed E-state index contributed by atoms with van der Waals surface area (Å²) in [7, 11) is 2.75. The Kier molecular flexibility index (Phi) is 2.13. The van der Waals surface area contributed by atoms with Crippen LogP contribution in [0, 0.1) is 0 Å². The molecular weight excluding hydrogens is 211 g/mol. The van der Waals surface area contributed by atoms with Gasteiger partial charge in [-0.25, -0.2) is 13.4 Å². The van der Waals surface area contributed by atoms with Gasteiger partial charge in [-0.05, 0) is 0 Å². The maximum Gasteiger partial charge on any atom is 0.280 e. The zero-order chi connectivity index (χ0) is 8.65. The lowest BCUT2D eigenvalue weighted by Crippen LogP contribution is -1.99. The molecule has 0 N–H and O–H groups in total. The Labute approximate surface area is 73.2 Å². The van der Waals surface area contributed by atoms with Crippen LogP contribution >= 0.6 is 22.3 Å². The summed E-state index contributed by atoms with van der Waals surface area (Å²) >= 11 is 5.43. The van der Waals surface area contributed by atoms with Crippen molar-refractivity contribution in [2.45, 2.75) is 5.03 Å². The standard InChI is InChI=1S/C4H4Cl2N2O2S/c1-8-2-7-3(5)4(8)11(6,9)10/h2H,1H3. The van der Waals surface area contributed by atoms with Crippen LogP contribution in [0.4, 0.5) is 0 Å². The second-order valence-electron chi connectivity index (χ2n) is 1.89. The number of nitrogens with zero attached hydrogens (tertiary/aromatic N) is 2. The van der Waals surface area contributed by atoms with E-state index in [9.17, 15) is 8.42 Å². The highest BCUT2D eigenvalue weighted by Crippen LogP contribution is 2.21. The summed E-state index contributed by atoms with van der Waals surface area (Å²) in [6.45, 7) is 0. The van der Waals surface area contributed by atoms with Gasteiger partial charge in [0, 0.05) is 17.7 Å². The van der Waals surface area contributed by atoms with Crippen LogP contribution in [0.5, 0.6) is 0 Å². The highest BCUT2D eigenvalue weighted by atomic mass is 35.7. The van der Waals surface area contributed by atoms with E-state index in [4.69, 9.17) is 22.3 Å². The molecule has 1 aromatic heterocycles. The molecule has 11 heavy (non-hydrogen) atoms. The number of imidazole rings is 1. The second kappa shape index (κ2) is 2.66. The van der Waals surface area contributed by atoms with E-state index in [1.54, 1.807) is 0 Å². The normalized spacial score (nSPS) is 11.9. The molecule has 62 valence electrons. The Morgan fingerprint density at radius 1 is 1.64 bits per heavy atom. The lowest BCUT2D eigenvalue weighted by atomic mass is 10.9. The van der Waals surface area contributed by atoms with Crippen LogP contribution in [0.3, 0.4) is 0 Å². The smallest absolute Gasteiger partial charge is 0.280 e. The minimum Gasteiger partial charge on any atom is -0.322 e. The van der Waals surface area contributed by atoms with Crippen LogP contribution in [-0.4, -0.2) is 18.0 Å². The molecule has 0 spiro atoms. The molecular formula is C4H4Cl2N2O2S. The molecule has 0 saturated heterocycles. The summed E-state index contributed by atoms with van der Waals surface area (Å²) in [6.07, 6.45) is 1.28. The lowest BCUT2D eigenvalue weighted by molar-refractivity contribution is 0.600. The predicted molar refractivity (Wildman–Crippen MR) is 41.3 cm³/mol. The topological polar surface area (TPSA) is 52.0 Å². The monoisotopic (exact) mass is 214 g/mol. The van der Waals surface area contributed by atoms with Crippen molar-refractivity contribution in [2.24, 2.45) is 7.05 Å². The van der Waals surface area contributed by atoms with Crippen molar-refractivity contribution in [1.29, 1.82) is 0 Å². The van der Waals surface area contributed by atoms with Crippen molar-refractivity contribution in [3.05, 3.63) is 11.5 Å². The van der Waals surface area contributed by atoms with Gasteiger partial charge in [-0.3, -0.25) is 0 Å². The van der Waals surface area contributed by atoms with Gasteiger partial charge in [-0.2, -0.15) is 0 Å². The van der Waals surface area contributed by atoms with E-state index in [2.05, 4.69) is 4.98 Å². The first-order chi connectivity index (χ1) is 4.93. The zero-order valence-electron chi connectivity index (χ0n) is 5.45. The molecule has 0 saturated carbocycles. The average molecular weight is 215 g/mol. The van der Waals surface area contributed by atoms with E-state index >= 15 is 0 Å². The Morgan fingerprint density at radius 3 is 2.36 bits per heavy atom. The molecule has 0 unspecified atom stereocenters. The number of aromatic nitrogens is 2. The summed E-state index contributed by atoms with van der Waals surface area (Å²) in [5.74, 6) is 0. The van der Waals surface area contributed by atoms with Gasteiger partial charge in [-0.15, -0.1) is 0 Å². The zero-order valence-corrected chi connectivity index (χ0v) is 7.78. The molecule has 1 rings (SSSR count). The first-order valence-electron chi connectivity index (χ1n) is 2.54. The van der Waals surface area contributed by atoms with E-state index in [0.29, 0.717) is 0 Å². The summed E-state index contributed by atoms with van der Waals surface area (Å²) in [6, 6.07) is 0. The van der Waals surface area contributed by atoms with Crippen molar-refractivity contribution in [3.8, 4) is 0 Å². The Hall–Kier alpha value is -0.260. The molecule has 0 aliphatic heterocycles. The van der Waals surface area contributed by atoms with Gasteiger partial charge in [0.1, 0.15) is 0 Å². The van der Waals surface area contributed by atoms with Crippen molar-refractivity contribution in [1.82, 2.24) is 9.55 Å². The maximum atomic E-state index is 10.8. The van der Waals surface area contributed by atoms with Crippen molar-refractivity contribution in [3.63, 3.8) is 0 Å². The van der Waals surface area contributed by atoms with E-state index in [1.807, 2.05) is 0 Å². The minimum atomic E-state index is -3.78. The molecule has 0 amide bonds. The van der Waals surface area contributed by atoms with E-state index in [0.717, 1.165) is 0 Å². The first-order valence-corrected chi connectivity index (χ1v) is 5.23. The van der Waals surface area contributed by atoms with Crippen LogP contribution in [0.2, 0.25) is 5.15 Å². The summed E-state index contributed by atoms with van der Waals surface area (Å²) in [5.41, 5.74) is 0. The number of rotatable bonds is 1. The van der Waals surface area contributed by atoms with Crippen LogP contribution in [-0.2, 0) is 16.1 Å². The predicted octanol–water partition coefficient (Wildman–Crippen LogP) is 1.00. The van der Waals surface area contributed by atoms with Crippen LogP contribution in [0.25, 0.3) is 0 Å². The lowest BCUT2D eigenvalue weighted by Gasteiger charge is -1.95. The number of hydrogen-bond acceptors (Lipinski definition) is 3. The molecule has 0 radical (unpaired) electrons.